The number of rotatable bonds is 7. The summed E-state index contributed by atoms with van der Waals surface area (Å²) in [5.41, 5.74) is 12.3. The zero-order valence-electron chi connectivity index (χ0n) is 20.1. The lowest BCUT2D eigenvalue weighted by Gasteiger charge is -2.12. The molecule has 0 atom stereocenters. The van der Waals surface area contributed by atoms with Crippen LogP contribution in [-0.2, 0) is 19.4 Å². The number of amides is 1. The van der Waals surface area contributed by atoms with Crippen LogP contribution in [0.3, 0.4) is 0 Å². The number of nitrogens with zero attached hydrogens (tertiary/aromatic N) is 3. The first-order valence-electron chi connectivity index (χ1n) is 11.5. The molecule has 0 radical (unpaired) electrons. The van der Waals surface area contributed by atoms with E-state index in [1.807, 2.05) is 44.2 Å². The van der Waals surface area contributed by atoms with E-state index >= 15 is 0 Å². The number of nitriles is 1. The molecule has 4 N–H and O–H groups in total. The molecule has 3 heterocycles. The summed E-state index contributed by atoms with van der Waals surface area (Å²) in [6.07, 6.45) is 4.24. The van der Waals surface area contributed by atoms with Crippen molar-refractivity contribution in [2.45, 2.75) is 33.2 Å². The van der Waals surface area contributed by atoms with Crippen LogP contribution < -0.4 is 16.6 Å². The van der Waals surface area contributed by atoms with Crippen LogP contribution in [0.5, 0.6) is 0 Å². The van der Waals surface area contributed by atoms with Gasteiger partial charge in [-0.15, -0.1) is 0 Å². The normalized spacial score (nSPS) is 10.6. The third kappa shape index (κ3) is 5.65. The Morgan fingerprint density at radius 1 is 1.08 bits per heavy atom. The molecule has 0 aliphatic rings. The Hall–Kier alpha value is -4.77. The van der Waals surface area contributed by atoms with Crippen LogP contribution in [0.1, 0.15) is 55.1 Å². The molecule has 0 aliphatic heterocycles. The Kier molecular flexibility index (Phi) is 7.21. The molecule has 8 heteroatoms. The third-order valence-electron chi connectivity index (χ3n) is 6.04. The third-order valence-corrected chi connectivity index (χ3v) is 6.04. The highest BCUT2D eigenvalue weighted by Gasteiger charge is 2.11. The Bertz CT molecular complexity index is 1490. The molecule has 8 nitrogen and oxygen atoms in total. The van der Waals surface area contributed by atoms with Gasteiger partial charge in [0.15, 0.2) is 0 Å². The van der Waals surface area contributed by atoms with Crippen molar-refractivity contribution < 1.29 is 4.79 Å². The van der Waals surface area contributed by atoms with Gasteiger partial charge in [0.25, 0.3) is 11.5 Å². The van der Waals surface area contributed by atoms with Gasteiger partial charge in [-0.2, -0.15) is 5.26 Å². The summed E-state index contributed by atoms with van der Waals surface area (Å²) >= 11 is 0. The Morgan fingerprint density at radius 2 is 1.81 bits per heavy atom. The minimum atomic E-state index is -0.378. The number of benzene rings is 1. The average Bonchev–Trinajstić information content (AvgIpc) is 2.85. The lowest BCUT2D eigenvalue weighted by molar-refractivity contribution is 0.0950. The highest BCUT2D eigenvalue weighted by molar-refractivity contribution is 5.94. The molecule has 0 unspecified atom stereocenters. The second-order valence-corrected chi connectivity index (χ2v) is 8.64. The fourth-order valence-electron chi connectivity index (χ4n) is 4.14. The van der Waals surface area contributed by atoms with Gasteiger partial charge in [-0.25, -0.2) is 4.98 Å². The molecule has 4 aromatic rings. The summed E-state index contributed by atoms with van der Waals surface area (Å²) in [6, 6.07) is 16.9. The number of H-pyrrole nitrogens is 1. The number of aryl methyl sites for hydroxylation is 2. The van der Waals surface area contributed by atoms with Crippen molar-refractivity contribution in [2.75, 3.05) is 5.73 Å². The fraction of sp³-hybridized carbons (Fsp3) is 0.179. The number of carbonyl (C=O) groups is 1. The van der Waals surface area contributed by atoms with Gasteiger partial charge >= 0.3 is 0 Å². The fourth-order valence-corrected chi connectivity index (χ4v) is 4.14. The molecule has 3 aromatic heterocycles. The summed E-state index contributed by atoms with van der Waals surface area (Å²) in [4.78, 5) is 35.8. The number of hydrogen-bond acceptors (Lipinski definition) is 6. The Balaban J connectivity index is 1.41. The first kappa shape index (κ1) is 24.4. The summed E-state index contributed by atoms with van der Waals surface area (Å²) in [7, 11) is 0. The van der Waals surface area contributed by atoms with Gasteiger partial charge in [-0.3, -0.25) is 14.6 Å². The molecular formula is C28H26N6O2. The van der Waals surface area contributed by atoms with Gasteiger partial charge in [0, 0.05) is 42.3 Å². The highest BCUT2D eigenvalue weighted by atomic mass is 16.1. The maximum absolute atomic E-state index is 12.8. The number of aromatic nitrogens is 3. The van der Waals surface area contributed by atoms with Gasteiger partial charge in [-0.1, -0.05) is 24.3 Å². The van der Waals surface area contributed by atoms with Crippen LogP contribution in [-0.4, -0.2) is 20.9 Å². The van der Waals surface area contributed by atoms with E-state index in [-0.39, 0.29) is 17.0 Å². The second-order valence-electron chi connectivity index (χ2n) is 8.64. The van der Waals surface area contributed by atoms with Crippen LogP contribution in [0.4, 0.5) is 5.82 Å². The number of anilines is 1. The number of pyridine rings is 3. The van der Waals surface area contributed by atoms with E-state index in [0.717, 1.165) is 33.6 Å². The van der Waals surface area contributed by atoms with E-state index < -0.39 is 0 Å². The van der Waals surface area contributed by atoms with Crippen molar-refractivity contribution in [3.63, 3.8) is 0 Å². The van der Waals surface area contributed by atoms with Crippen molar-refractivity contribution >= 4 is 11.7 Å². The SMILES string of the molecule is Cc1cc(N)nc(C)c1CNC(=O)c1ccnc(Cc2ccc(Cc3cc[nH]c(=O)c3C#N)cc2)c1. The van der Waals surface area contributed by atoms with E-state index in [9.17, 15) is 14.9 Å². The van der Waals surface area contributed by atoms with Gasteiger partial charge in [0.05, 0.1) is 0 Å². The molecule has 4 rings (SSSR count). The zero-order chi connectivity index (χ0) is 25.7. The summed E-state index contributed by atoms with van der Waals surface area (Å²) in [5.74, 6) is 0.282. The molecule has 1 aromatic carbocycles. The van der Waals surface area contributed by atoms with E-state index in [0.29, 0.717) is 36.3 Å². The van der Waals surface area contributed by atoms with Crippen molar-refractivity contribution in [1.29, 1.82) is 5.26 Å². The maximum Gasteiger partial charge on any atom is 0.266 e. The van der Waals surface area contributed by atoms with Gasteiger partial charge in [0.1, 0.15) is 17.5 Å². The average molecular weight is 479 g/mol. The first-order valence-corrected chi connectivity index (χ1v) is 11.5. The number of aromatic amines is 1. The van der Waals surface area contributed by atoms with Crippen LogP contribution in [0.25, 0.3) is 0 Å². The predicted octanol–water partition coefficient (Wildman–Crippen LogP) is 3.35. The lowest BCUT2D eigenvalue weighted by Crippen LogP contribution is -2.24. The Labute approximate surface area is 208 Å². The zero-order valence-corrected chi connectivity index (χ0v) is 20.1. The van der Waals surface area contributed by atoms with E-state index in [1.54, 1.807) is 36.7 Å². The van der Waals surface area contributed by atoms with Crippen molar-refractivity contribution in [1.82, 2.24) is 20.3 Å². The van der Waals surface area contributed by atoms with E-state index in [2.05, 4.69) is 20.3 Å². The molecule has 36 heavy (non-hydrogen) atoms. The van der Waals surface area contributed by atoms with Crippen LogP contribution in [0.2, 0.25) is 0 Å². The van der Waals surface area contributed by atoms with Crippen LogP contribution in [0.15, 0.2) is 65.7 Å². The lowest BCUT2D eigenvalue weighted by atomic mass is 9.99. The highest BCUT2D eigenvalue weighted by Crippen LogP contribution is 2.16. The molecule has 0 bridgehead atoms. The summed E-state index contributed by atoms with van der Waals surface area (Å²) in [6.45, 7) is 4.19. The number of nitrogen functional groups attached to an aromatic ring is 1. The van der Waals surface area contributed by atoms with E-state index in [1.165, 1.54) is 0 Å². The van der Waals surface area contributed by atoms with Gasteiger partial charge in [0.2, 0.25) is 0 Å². The standard InChI is InChI=1S/C28H26N6O2/c1-17-11-26(30)34-18(2)25(17)16-33-27(35)22-8-9-31-23(14-22)13-20-5-3-19(4-6-20)12-21-7-10-32-28(36)24(21)15-29/h3-11,14H,12-13,16H2,1-2H3,(H2,30,34)(H,32,36)(H,33,35). The number of hydrogen-bond donors (Lipinski definition) is 3. The Morgan fingerprint density at radius 3 is 2.50 bits per heavy atom. The summed E-state index contributed by atoms with van der Waals surface area (Å²) in [5, 5.41) is 12.2. The summed E-state index contributed by atoms with van der Waals surface area (Å²) < 4.78 is 0. The minimum Gasteiger partial charge on any atom is -0.384 e. The van der Waals surface area contributed by atoms with Crippen molar-refractivity contribution in [3.8, 4) is 6.07 Å². The van der Waals surface area contributed by atoms with Crippen LogP contribution >= 0.6 is 0 Å². The van der Waals surface area contributed by atoms with Crippen molar-refractivity contribution in [3.05, 3.63) is 122 Å². The second kappa shape index (κ2) is 10.7. The number of nitrogens with one attached hydrogen (secondary N) is 2. The molecule has 0 fully saturated rings. The topological polar surface area (TPSA) is 138 Å². The number of carbonyl (C=O) groups excluding carboxylic acids is 1. The number of nitrogens with two attached hydrogens (primary N) is 1. The maximum atomic E-state index is 12.8. The van der Waals surface area contributed by atoms with Gasteiger partial charge in [-0.05, 0) is 72.4 Å². The smallest absolute Gasteiger partial charge is 0.266 e. The van der Waals surface area contributed by atoms with E-state index in [4.69, 9.17) is 5.73 Å². The van der Waals surface area contributed by atoms with Crippen molar-refractivity contribution in [2.24, 2.45) is 0 Å². The molecule has 0 aliphatic carbocycles. The quantitative estimate of drug-likeness (QED) is 0.372. The molecular weight excluding hydrogens is 452 g/mol. The first-order chi connectivity index (χ1) is 17.3. The molecule has 180 valence electrons. The monoisotopic (exact) mass is 478 g/mol. The molecule has 0 saturated heterocycles. The van der Waals surface area contributed by atoms with Gasteiger partial charge < -0.3 is 16.0 Å². The molecule has 1 amide bonds. The molecule has 0 saturated carbocycles. The minimum absolute atomic E-state index is 0.138. The largest absolute Gasteiger partial charge is 0.384 e. The van der Waals surface area contributed by atoms with Crippen LogP contribution in [0, 0.1) is 25.2 Å². The predicted molar refractivity (Wildman–Crippen MR) is 137 cm³/mol. The molecule has 0 spiro atoms.